The first kappa shape index (κ1) is 16.9. The molecular formula is C17H22N6O2. The van der Waals surface area contributed by atoms with Crippen molar-refractivity contribution in [3.8, 4) is 0 Å². The van der Waals surface area contributed by atoms with Crippen LogP contribution in [0.1, 0.15) is 34.2 Å². The number of nitrogens with two attached hydrogens (primary N) is 1. The van der Waals surface area contributed by atoms with E-state index in [1.807, 2.05) is 9.80 Å². The molecule has 0 atom stereocenters. The Labute approximate surface area is 146 Å². The van der Waals surface area contributed by atoms with Crippen LogP contribution in [-0.2, 0) is 6.54 Å². The van der Waals surface area contributed by atoms with Crippen LogP contribution in [-0.4, -0.2) is 57.7 Å². The van der Waals surface area contributed by atoms with E-state index in [0.29, 0.717) is 43.3 Å². The third-order valence-corrected chi connectivity index (χ3v) is 4.29. The van der Waals surface area contributed by atoms with Gasteiger partial charge in [0.2, 0.25) is 0 Å². The zero-order valence-electron chi connectivity index (χ0n) is 14.3. The summed E-state index contributed by atoms with van der Waals surface area (Å²) in [6.07, 6.45) is 4.22. The van der Waals surface area contributed by atoms with Gasteiger partial charge in [0.1, 0.15) is 11.5 Å². The lowest BCUT2D eigenvalue weighted by Crippen LogP contribution is -2.49. The van der Waals surface area contributed by atoms with Crippen LogP contribution in [0.5, 0.6) is 0 Å². The smallest absolute Gasteiger partial charge is 0.272 e. The summed E-state index contributed by atoms with van der Waals surface area (Å²) in [6, 6.07) is 5.12. The molecule has 1 saturated heterocycles. The summed E-state index contributed by atoms with van der Waals surface area (Å²) in [5.41, 5.74) is 6.45. The van der Waals surface area contributed by atoms with E-state index in [4.69, 9.17) is 5.73 Å². The van der Waals surface area contributed by atoms with Gasteiger partial charge in [0, 0.05) is 45.1 Å². The van der Waals surface area contributed by atoms with Crippen molar-refractivity contribution in [2.45, 2.75) is 19.9 Å². The summed E-state index contributed by atoms with van der Waals surface area (Å²) in [6.45, 7) is 5.10. The Morgan fingerprint density at radius 2 is 1.92 bits per heavy atom. The average molecular weight is 342 g/mol. The molecule has 0 aliphatic carbocycles. The van der Waals surface area contributed by atoms with Gasteiger partial charge in [-0.1, -0.05) is 6.92 Å². The minimum atomic E-state index is -0.495. The number of amides is 2. The van der Waals surface area contributed by atoms with Crippen LogP contribution < -0.4 is 10.6 Å². The molecule has 2 aromatic rings. The molecule has 1 aliphatic rings. The molecule has 0 bridgehead atoms. The molecule has 3 heterocycles. The molecule has 2 aromatic heterocycles. The molecule has 3 rings (SSSR count). The summed E-state index contributed by atoms with van der Waals surface area (Å²) >= 11 is 0. The molecule has 0 saturated carbocycles. The maximum absolute atomic E-state index is 12.7. The average Bonchev–Trinajstić information content (AvgIpc) is 3.10. The van der Waals surface area contributed by atoms with Gasteiger partial charge < -0.3 is 15.5 Å². The van der Waals surface area contributed by atoms with Crippen molar-refractivity contribution < 1.29 is 9.59 Å². The predicted octanol–water partition coefficient (Wildman–Crippen LogP) is 0.749. The van der Waals surface area contributed by atoms with Crippen molar-refractivity contribution in [3.05, 3.63) is 41.9 Å². The van der Waals surface area contributed by atoms with Gasteiger partial charge in [-0.3, -0.25) is 14.3 Å². The van der Waals surface area contributed by atoms with E-state index in [1.165, 1.54) is 0 Å². The van der Waals surface area contributed by atoms with Crippen molar-refractivity contribution in [1.82, 2.24) is 19.7 Å². The first-order chi connectivity index (χ1) is 12.1. The maximum atomic E-state index is 12.7. The minimum Gasteiger partial charge on any atom is -0.365 e. The zero-order valence-corrected chi connectivity index (χ0v) is 14.3. The molecule has 0 unspecified atom stereocenters. The molecule has 0 radical (unpaired) electrons. The van der Waals surface area contributed by atoms with Crippen LogP contribution in [0, 0.1) is 0 Å². The molecule has 132 valence electrons. The number of aryl methyl sites for hydroxylation is 1. The topological polar surface area (TPSA) is 97.3 Å². The Morgan fingerprint density at radius 1 is 1.16 bits per heavy atom. The number of rotatable bonds is 5. The quantitative estimate of drug-likeness (QED) is 0.865. The van der Waals surface area contributed by atoms with E-state index in [0.717, 1.165) is 13.0 Å². The highest BCUT2D eigenvalue weighted by Gasteiger charge is 2.26. The van der Waals surface area contributed by atoms with Crippen LogP contribution in [0.25, 0.3) is 0 Å². The first-order valence-corrected chi connectivity index (χ1v) is 8.42. The molecule has 2 N–H and O–H groups in total. The lowest BCUT2D eigenvalue weighted by Gasteiger charge is -2.36. The second-order valence-corrected chi connectivity index (χ2v) is 5.96. The number of hydrogen-bond acceptors (Lipinski definition) is 5. The zero-order chi connectivity index (χ0) is 17.8. The molecular weight excluding hydrogens is 320 g/mol. The van der Waals surface area contributed by atoms with Crippen LogP contribution in [0.3, 0.4) is 0 Å². The summed E-state index contributed by atoms with van der Waals surface area (Å²) in [7, 11) is 0. The first-order valence-electron chi connectivity index (χ1n) is 8.42. The third kappa shape index (κ3) is 3.47. The van der Waals surface area contributed by atoms with Gasteiger partial charge in [-0.15, -0.1) is 0 Å². The number of aromatic nitrogens is 3. The minimum absolute atomic E-state index is 0.0123. The number of pyridine rings is 1. The van der Waals surface area contributed by atoms with Crippen molar-refractivity contribution in [2.24, 2.45) is 5.73 Å². The standard InChI is InChI=1S/C17H22N6O2/c1-2-8-23-14(5-7-20-23)17(25)22-11-9-21(10-12-22)16-13(15(18)24)4-3-6-19-16/h3-7H,2,8-12H2,1H3,(H2,18,24). The van der Waals surface area contributed by atoms with Crippen LogP contribution in [0.4, 0.5) is 5.82 Å². The summed E-state index contributed by atoms with van der Waals surface area (Å²) in [4.78, 5) is 32.4. The molecule has 0 spiro atoms. The molecule has 1 fully saturated rings. The van der Waals surface area contributed by atoms with Crippen molar-refractivity contribution in [3.63, 3.8) is 0 Å². The number of nitrogens with zero attached hydrogens (tertiary/aromatic N) is 5. The fourth-order valence-corrected chi connectivity index (χ4v) is 3.03. The number of piperazine rings is 1. The second-order valence-electron chi connectivity index (χ2n) is 5.96. The highest BCUT2D eigenvalue weighted by Crippen LogP contribution is 2.19. The van der Waals surface area contributed by atoms with Crippen molar-refractivity contribution in [1.29, 1.82) is 0 Å². The van der Waals surface area contributed by atoms with E-state index in [-0.39, 0.29) is 5.91 Å². The number of hydrogen-bond donors (Lipinski definition) is 1. The molecule has 8 nitrogen and oxygen atoms in total. The molecule has 2 amide bonds. The molecule has 0 aromatic carbocycles. The summed E-state index contributed by atoms with van der Waals surface area (Å²) in [5, 5.41) is 4.21. The summed E-state index contributed by atoms with van der Waals surface area (Å²) < 4.78 is 1.75. The van der Waals surface area contributed by atoms with Gasteiger partial charge in [-0.25, -0.2) is 4.98 Å². The third-order valence-electron chi connectivity index (χ3n) is 4.29. The maximum Gasteiger partial charge on any atom is 0.272 e. The molecule has 8 heteroatoms. The van der Waals surface area contributed by atoms with Gasteiger partial charge in [0.15, 0.2) is 0 Å². The van der Waals surface area contributed by atoms with Crippen molar-refractivity contribution >= 4 is 17.6 Å². The van der Waals surface area contributed by atoms with E-state index < -0.39 is 5.91 Å². The summed E-state index contributed by atoms with van der Waals surface area (Å²) in [5.74, 6) is 0.0740. The fourth-order valence-electron chi connectivity index (χ4n) is 3.03. The Balaban J connectivity index is 1.69. The monoisotopic (exact) mass is 342 g/mol. The van der Waals surface area contributed by atoms with E-state index in [2.05, 4.69) is 17.0 Å². The largest absolute Gasteiger partial charge is 0.365 e. The van der Waals surface area contributed by atoms with Crippen LogP contribution >= 0.6 is 0 Å². The SMILES string of the molecule is CCCn1nccc1C(=O)N1CCN(c2ncccc2C(N)=O)CC1. The highest BCUT2D eigenvalue weighted by atomic mass is 16.2. The Kier molecular flexibility index (Phi) is 4.97. The van der Waals surface area contributed by atoms with E-state index in [1.54, 1.807) is 35.3 Å². The van der Waals surface area contributed by atoms with Gasteiger partial charge in [0.25, 0.3) is 11.8 Å². The Morgan fingerprint density at radius 3 is 2.60 bits per heavy atom. The number of carbonyl (C=O) groups is 2. The lowest BCUT2D eigenvalue weighted by molar-refractivity contribution is 0.0733. The van der Waals surface area contributed by atoms with Gasteiger partial charge >= 0.3 is 0 Å². The van der Waals surface area contributed by atoms with Gasteiger partial charge in [-0.2, -0.15) is 5.10 Å². The fraction of sp³-hybridized carbons (Fsp3) is 0.412. The van der Waals surface area contributed by atoms with E-state index in [9.17, 15) is 9.59 Å². The lowest BCUT2D eigenvalue weighted by atomic mass is 10.2. The number of primary amides is 1. The molecule has 25 heavy (non-hydrogen) atoms. The number of anilines is 1. The highest BCUT2D eigenvalue weighted by molar-refractivity contribution is 5.97. The van der Waals surface area contributed by atoms with Crippen LogP contribution in [0.2, 0.25) is 0 Å². The Bertz CT molecular complexity index is 764. The second kappa shape index (κ2) is 7.33. The van der Waals surface area contributed by atoms with Crippen molar-refractivity contribution in [2.75, 3.05) is 31.1 Å². The van der Waals surface area contributed by atoms with Gasteiger partial charge in [-0.05, 0) is 24.6 Å². The number of carbonyl (C=O) groups excluding carboxylic acids is 2. The van der Waals surface area contributed by atoms with E-state index >= 15 is 0 Å². The predicted molar refractivity (Wildman–Crippen MR) is 93.4 cm³/mol. The van der Waals surface area contributed by atoms with Crippen LogP contribution in [0.15, 0.2) is 30.6 Å². The molecule has 1 aliphatic heterocycles. The van der Waals surface area contributed by atoms with Gasteiger partial charge in [0.05, 0.1) is 5.56 Å². The Hall–Kier alpha value is -2.90. The normalized spacial score (nSPS) is 14.6.